The molecule has 2 amide bonds. The second-order valence-electron chi connectivity index (χ2n) is 13.0. The fourth-order valence-corrected chi connectivity index (χ4v) is 5.30. The lowest BCUT2D eigenvalue weighted by atomic mass is 9.85. The smallest absolute Gasteiger partial charge is 0.338 e. The molecule has 0 saturated carbocycles. The molecule has 0 spiro atoms. The largest absolute Gasteiger partial charge is 0.432 e. The van der Waals surface area contributed by atoms with Gasteiger partial charge in [-0.3, -0.25) is 9.59 Å². The maximum Gasteiger partial charge on any atom is 0.338 e. The Hall–Kier alpha value is -4.23. The number of rotatable bonds is 10. The first-order valence-corrected chi connectivity index (χ1v) is 15.1. The Labute approximate surface area is 261 Å². The molecule has 7 nitrogen and oxygen atoms in total. The van der Waals surface area contributed by atoms with Gasteiger partial charge in [-0.2, -0.15) is 0 Å². The van der Waals surface area contributed by atoms with E-state index in [9.17, 15) is 14.4 Å². The number of amides is 2. The van der Waals surface area contributed by atoms with Gasteiger partial charge in [-0.05, 0) is 47.9 Å². The number of cyclic esters (lactones) is 1. The number of benzene rings is 3. The third-order valence-corrected chi connectivity index (χ3v) is 7.73. The predicted molar refractivity (Wildman–Crippen MR) is 173 cm³/mol. The molecule has 1 fully saturated rings. The van der Waals surface area contributed by atoms with Gasteiger partial charge in [0.05, 0.1) is 12.0 Å². The van der Waals surface area contributed by atoms with Crippen molar-refractivity contribution in [2.75, 3.05) is 0 Å². The van der Waals surface area contributed by atoms with Crippen molar-refractivity contribution in [3.05, 3.63) is 102 Å². The summed E-state index contributed by atoms with van der Waals surface area (Å²) in [4.78, 5) is 40.2. The number of allylic oxidation sites excluding steroid dienone is 1. The molecule has 0 radical (unpaired) electrons. The van der Waals surface area contributed by atoms with Crippen molar-refractivity contribution in [1.82, 2.24) is 10.6 Å². The van der Waals surface area contributed by atoms with Crippen molar-refractivity contribution in [3.8, 4) is 11.1 Å². The van der Waals surface area contributed by atoms with Gasteiger partial charge in [0.2, 0.25) is 17.6 Å². The zero-order chi connectivity index (χ0) is 32.1. The number of hydrogen-bond acceptors (Lipinski definition) is 5. The monoisotopic (exact) mass is 596 g/mol. The van der Waals surface area contributed by atoms with Gasteiger partial charge in [-0.1, -0.05) is 117 Å². The molecule has 232 valence electrons. The van der Waals surface area contributed by atoms with E-state index in [1.807, 2.05) is 88.4 Å². The van der Waals surface area contributed by atoms with Gasteiger partial charge in [-0.25, -0.2) is 4.79 Å². The van der Waals surface area contributed by atoms with E-state index in [-0.39, 0.29) is 18.4 Å². The van der Waals surface area contributed by atoms with Gasteiger partial charge in [0.1, 0.15) is 6.04 Å². The third-order valence-electron chi connectivity index (χ3n) is 7.73. The van der Waals surface area contributed by atoms with Crippen molar-refractivity contribution in [2.24, 2.45) is 11.3 Å². The van der Waals surface area contributed by atoms with Crippen molar-refractivity contribution < 1.29 is 23.9 Å². The minimum absolute atomic E-state index is 0.209. The van der Waals surface area contributed by atoms with Crippen LogP contribution in [0, 0.1) is 18.3 Å². The maximum absolute atomic E-state index is 13.9. The number of esters is 1. The van der Waals surface area contributed by atoms with Gasteiger partial charge < -0.3 is 20.1 Å². The van der Waals surface area contributed by atoms with Crippen LogP contribution in [0.1, 0.15) is 70.7 Å². The first-order valence-electron chi connectivity index (χ1n) is 15.1. The first kappa shape index (κ1) is 32.7. The molecule has 0 unspecified atom stereocenters. The van der Waals surface area contributed by atoms with Gasteiger partial charge >= 0.3 is 5.97 Å². The van der Waals surface area contributed by atoms with Crippen LogP contribution >= 0.6 is 0 Å². The fraction of sp³-hybridized carbons (Fsp3) is 0.378. The van der Waals surface area contributed by atoms with Gasteiger partial charge in [-0.15, -0.1) is 0 Å². The lowest BCUT2D eigenvalue weighted by Crippen LogP contribution is -2.56. The summed E-state index contributed by atoms with van der Waals surface area (Å²) in [5.41, 5.74) is 4.76. The number of hydrogen-bond donors (Lipinski definition) is 2. The van der Waals surface area contributed by atoms with Crippen LogP contribution in [0.4, 0.5) is 0 Å². The highest BCUT2D eigenvalue weighted by atomic mass is 16.8. The molecule has 4 rings (SSSR count). The summed E-state index contributed by atoms with van der Waals surface area (Å²) in [7, 11) is 0. The fourth-order valence-electron chi connectivity index (χ4n) is 5.30. The summed E-state index contributed by atoms with van der Waals surface area (Å²) < 4.78 is 11.3. The van der Waals surface area contributed by atoms with Gasteiger partial charge in [0.25, 0.3) is 0 Å². The Bertz CT molecular complexity index is 1490. The maximum atomic E-state index is 13.9. The van der Waals surface area contributed by atoms with E-state index in [1.165, 1.54) is 5.56 Å². The molecular formula is C37H44N2O5. The van der Waals surface area contributed by atoms with E-state index in [0.29, 0.717) is 0 Å². The molecular weight excluding hydrogens is 552 g/mol. The number of carbonyl (C=O) groups excluding carboxylic acids is 3. The summed E-state index contributed by atoms with van der Waals surface area (Å²) in [5.74, 6) is -3.41. The minimum Gasteiger partial charge on any atom is -0.432 e. The zero-order valence-corrected chi connectivity index (χ0v) is 26.7. The Morgan fingerprint density at radius 2 is 1.59 bits per heavy atom. The highest BCUT2D eigenvalue weighted by Gasteiger charge is 2.48. The molecule has 1 aliphatic heterocycles. The van der Waals surface area contributed by atoms with E-state index >= 15 is 0 Å². The minimum atomic E-state index is -1.15. The number of nitrogens with one attached hydrogen (secondary N) is 2. The molecule has 1 heterocycles. The molecule has 0 aliphatic carbocycles. The van der Waals surface area contributed by atoms with Crippen LogP contribution in [0.25, 0.3) is 17.2 Å². The van der Waals surface area contributed by atoms with E-state index in [2.05, 4.69) is 47.9 Å². The van der Waals surface area contributed by atoms with Crippen molar-refractivity contribution in [3.63, 3.8) is 0 Å². The van der Waals surface area contributed by atoms with Crippen LogP contribution in [0.3, 0.4) is 0 Å². The molecule has 1 aliphatic rings. The zero-order valence-electron chi connectivity index (χ0n) is 26.7. The van der Waals surface area contributed by atoms with Gasteiger partial charge in [0, 0.05) is 13.8 Å². The van der Waals surface area contributed by atoms with E-state index < -0.39 is 41.1 Å². The normalized spacial score (nSPS) is 18.3. The van der Waals surface area contributed by atoms with Crippen LogP contribution in [0.15, 0.2) is 84.9 Å². The Kier molecular flexibility index (Phi) is 10.1. The first-order chi connectivity index (χ1) is 20.7. The average Bonchev–Trinajstić information content (AvgIpc) is 3.25. The van der Waals surface area contributed by atoms with Crippen LogP contribution in [-0.2, 0) is 23.9 Å². The summed E-state index contributed by atoms with van der Waals surface area (Å²) >= 11 is 0. The second kappa shape index (κ2) is 13.6. The SMILES string of the molecule is Cc1cccc(-c2ccc(/C=C/C[C@@H](C(=O)N[C@H](C(=O)N[C@H](C)c3ccccc3)C(C)(C)C)[C@@H]3OC(C)(C)OC3=O)cc2)c1. The average molecular weight is 597 g/mol. The number of aryl methyl sites for hydroxylation is 1. The summed E-state index contributed by atoms with van der Waals surface area (Å²) in [6, 6.07) is 25.0. The number of ether oxygens (including phenoxy) is 2. The molecule has 3 aromatic carbocycles. The van der Waals surface area contributed by atoms with Crippen LogP contribution in [0.2, 0.25) is 0 Å². The van der Waals surface area contributed by atoms with Crippen molar-refractivity contribution in [1.29, 1.82) is 0 Å². The Morgan fingerprint density at radius 3 is 2.18 bits per heavy atom. The highest BCUT2D eigenvalue weighted by Crippen LogP contribution is 2.31. The van der Waals surface area contributed by atoms with Crippen LogP contribution < -0.4 is 10.6 Å². The summed E-state index contributed by atoms with van der Waals surface area (Å²) in [5, 5.41) is 5.98. The van der Waals surface area contributed by atoms with Crippen molar-refractivity contribution in [2.45, 2.75) is 78.9 Å². The molecule has 7 heteroatoms. The lowest BCUT2D eigenvalue weighted by Gasteiger charge is -2.33. The predicted octanol–water partition coefficient (Wildman–Crippen LogP) is 6.77. The molecule has 3 aromatic rings. The van der Waals surface area contributed by atoms with E-state index in [0.717, 1.165) is 22.3 Å². The molecule has 44 heavy (non-hydrogen) atoms. The van der Waals surface area contributed by atoms with E-state index in [1.54, 1.807) is 13.8 Å². The van der Waals surface area contributed by atoms with E-state index in [4.69, 9.17) is 9.47 Å². The summed E-state index contributed by atoms with van der Waals surface area (Å²) in [6.45, 7) is 12.9. The number of carbonyl (C=O) groups is 3. The lowest BCUT2D eigenvalue weighted by molar-refractivity contribution is -0.162. The quantitative estimate of drug-likeness (QED) is 0.252. The second-order valence-corrected chi connectivity index (χ2v) is 13.0. The third kappa shape index (κ3) is 8.44. The molecule has 2 N–H and O–H groups in total. The van der Waals surface area contributed by atoms with Crippen LogP contribution in [0.5, 0.6) is 0 Å². The molecule has 1 saturated heterocycles. The Balaban J connectivity index is 1.51. The topological polar surface area (TPSA) is 93.7 Å². The highest BCUT2D eigenvalue weighted by molar-refractivity contribution is 5.92. The molecule has 4 atom stereocenters. The standard InChI is InChI=1S/C37H44N2O5/c1-24-13-11-17-29(23-24)28-21-19-26(20-22-28)14-12-18-30(31-35(42)44-37(6,7)43-31)33(40)39-32(36(3,4)5)34(41)38-25(2)27-15-9-8-10-16-27/h8-17,19-23,25,30-32H,18H2,1-7H3,(H,38,41)(H,39,40)/b14-12+/t25-,30-,31+,32-/m1/s1. The van der Waals surface area contributed by atoms with Gasteiger partial charge in [0.15, 0.2) is 6.10 Å². The molecule has 0 aromatic heterocycles. The van der Waals surface area contributed by atoms with Crippen LogP contribution in [-0.4, -0.2) is 35.7 Å². The summed E-state index contributed by atoms with van der Waals surface area (Å²) in [6.07, 6.45) is 2.88. The molecule has 0 bridgehead atoms. The Morgan fingerprint density at radius 1 is 0.909 bits per heavy atom. The van der Waals surface area contributed by atoms with Crippen molar-refractivity contribution >= 4 is 23.9 Å².